The maximum absolute atomic E-state index is 12.5. The van der Waals surface area contributed by atoms with Crippen LogP contribution in [0, 0.1) is 0 Å². The van der Waals surface area contributed by atoms with Gasteiger partial charge in [0.05, 0.1) is 21.5 Å². The number of amides is 2. The molecule has 9 heteroatoms. The highest BCUT2D eigenvalue weighted by molar-refractivity contribution is 8.18. The van der Waals surface area contributed by atoms with Crippen LogP contribution >= 0.6 is 35.0 Å². The van der Waals surface area contributed by atoms with Crippen molar-refractivity contribution in [3.05, 3.63) is 56.4 Å². The smallest absolute Gasteiger partial charge is 0.293 e. The Balaban J connectivity index is 1.85. The van der Waals surface area contributed by atoms with Crippen LogP contribution in [0.4, 0.5) is 4.79 Å². The number of thioether (sulfide) groups is 1. The van der Waals surface area contributed by atoms with Crippen molar-refractivity contribution in [2.45, 2.75) is 6.54 Å². The number of carbonyl (C=O) groups is 2. The van der Waals surface area contributed by atoms with Gasteiger partial charge in [-0.25, -0.2) is 0 Å². The van der Waals surface area contributed by atoms with Gasteiger partial charge < -0.3 is 15.3 Å². The van der Waals surface area contributed by atoms with Gasteiger partial charge in [0.1, 0.15) is 0 Å². The topological polar surface area (TPSA) is 98.1 Å². The number of phenolic OH excluding ortho intramolecular Hbond substituents is 3. The van der Waals surface area contributed by atoms with Crippen molar-refractivity contribution in [1.29, 1.82) is 0 Å². The van der Waals surface area contributed by atoms with Gasteiger partial charge in [-0.2, -0.15) is 0 Å². The zero-order valence-corrected chi connectivity index (χ0v) is 15.3. The van der Waals surface area contributed by atoms with Crippen molar-refractivity contribution in [3.63, 3.8) is 0 Å². The van der Waals surface area contributed by atoms with Crippen LogP contribution in [0.2, 0.25) is 10.0 Å². The van der Waals surface area contributed by atoms with E-state index in [4.69, 9.17) is 23.2 Å². The van der Waals surface area contributed by atoms with Crippen molar-refractivity contribution < 1.29 is 24.9 Å². The first-order valence-corrected chi connectivity index (χ1v) is 8.77. The molecule has 2 amide bonds. The Kier molecular flexibility index (Phi) is 5.04. The Morgan fingerprint density at radius 1 is 1.00 bits per heavy atom. The minimum Gasteiger partial charge on any atom is -0.504 e. The molecule has 3 N–H and O–H groups in total. The standard InChI is InChI=1S/C17H11Cl2NO5S/c18-10-2-1-8(3-11(10)19)7-20-16(24)14(26-17(20)25)6-9-4-12(21)15(23)13(22)5-9/h1-6,21-23H,7H2/b14-6-. The molecule has 6 nitrogen and oxygen atoms in total. The van der Waals surface area contributed by atoms with Gasteiger partial charge in [0, 0.05) is 0 Å². The summed E-state index contributed by atoms with van der Waals surface area (Å²) >= 11 is 12.5. The van der Waals surface area contributed by atoms with Gasteiger partial charge in [-0.15, -0.1) is 0 Å². The number of hydrogen-bond donors (Lipinski definition) is 3. The van der Waals surface area contributed by atoms with Gasteiger partial charge in [-0.3, -0.25) is 14.5 Å². The molecule has 134 valence electrons. The fourth-order valence-corrected chi connectivity index (χ4v) is 3.48. The minimum absolute atomic E-state index is 0.0327. The Labute approximate surface area is 162 Å². The Morgan fingerprint density at radius 2 is 1.65 bits per heavy atom. The SMILES string of the molecule is O=C1S/C(=C\c2cc(O)c(O)c(O)c2)C(=O)N1Cc1ccc(Cl)c(Cl)c1. The molecule has 2 aromatic carbocycles. The molecule has 0 unspecified atom stereocenters. The number of phenols is 3. The summed E-state index contributed by atoms with van der Waals surface area (Å²) in [7, 11) is 0. The summed E-state index contributed by atoms with van der Waals surface area (Å²) in [6.45, 7) is 0.0327. The maximum atomic E-state index is 12.5. The predicted molar refractivity (Wildman–Crippen MR) is 99.4 cm³/mol. The van der Waals surface area contributed by atoms with E-state index in [0.717, 1.165) is 16.7 Å². The van der Waals surface area contributed by atoms with Crippen LogP contribution in [0.3, 0.4) is 0 Å². The second kappa shape index (κ2) is 7.11. The summed E-state index contributed by atoms with van der Waals surface area (Å²) in [4.78, 5) is 25.8. The van der Waals surface area contributed by atoms with Gasteiger partial charge in [-0.05, 0) is 53.2 Å². The van der Waals surface area contributed by atoms with Gasteiger partial charge in [0.15, 0.2) is 17.2 Å². The molecule has 2 aromatic rings. The van der Waals surface area contributed by atoms with E-state index in [1.807, 2.05) is 0 Å². The molecule has 3 rings (SSSR count). The van der Waals surface area contributed by atoms with Gasteiger partial charge in [-0.1, -0.05) is 29.3 Å². The number of hydrogen-bond acceptors (Lipinski definition) is 6. The van der Waals surface area contributed by atoms with Crippen LogP contribution in [0.15, 0.2) is 35.2 Å². The Bertz CT molecular complexity index is 937. The highest BCUT2D eigenvalue weighted by Crippen LogP contribution is 2.38. The molecule has 1 aliphatic heterocycles. The first-order valence-electron chi connectivity index (χ1n) is 7.20. The molecule has 1 aliphatic rings. The average molecular weight is 412 g/mol. The quantitative estimate of drug-likeness (QED) is 0.512. The molecule has 0 radical (unpaired) electrons. The summed E-state index contributed by atoms with van der Waals surface area (Å²) in [5, 5.41) is 28.7. The summed E-state index contributed by atoms with van der Waals surface area (Å²) in [5.74, 6) is -2.24. The van der Waals surface area contributed by atoms with Crippen LogP contribution in [0.1, 0.15) is 11.1 Å². The number of benzene rings is 2. The maximum Gasteiger partial charge on any atom is 0.293 e. The lowest BCUT2D eigenvalue weighted by Crippen LogP contribution is -2.27. The second-order valence-corrected chi connectivity index (χ2v) is 7.23. The lowest BCUT2D eigenvalue weighted by molar-refractivity contribution is -0.123. The van der Waals surface area contributed by atoms with Gasteiger partial charge >= 0.3 is 0 Å². The third kappa shape index (κ3) is 3.60. The molecular formula is C17H11Cl2NO5S. The largest absolute Gasteiger partial charge is 0.504 e. The van der Waals surface area contributed by atoms with E-state index in [-0.39, 0.29) is 17.0 Å². The van der Waals surface area contributed by atoms with Gasteiger partial charge in [0.2, 0.25) is 0 Å². The molecule has 0 bridgehead atoms. The van der Waals surface area contributed by atoms with E-state index in [1.54, 1.807) is 18.2 Å². The van der Waals surface area contributed by atoms with E-state index in [9.17, 15) is 24.9 Å². The molecule has 1 fully saturated rings. The first-order chi connectivity index (χ1) is 12.3. The van der Waals surface area contributed by atoms with E-state index in [1.165, 1.54) is 18.2 Å². The van der Waals surface area contributed by atoms with E-state index >= 15 is 0 Å². The zero-order chi connectivity index (χ0) is 19.0. The molecule has 0 aliphatic carbocycles. The number of nitrogens with zero attached hydrogens (tertiary/aromatic N) is 1. The zero-order valence-electron chi connectivity index (χ0n) is 12.9. The van der Waals surface area contributed by atoms with Gasteiger partial charge in [0.25, 0.3) is 11.1 Å². The molecule has 1 heterocycles. The summed E-state index contributed by atoms with van der Waals surface area (Å²) in [6.07, 6.45) is 1.35. The summed E-state index contributed by atoms with van der Waals surface area (Å²) < 4.78 is 0. The monoisotopic (exact) mass is 411 g/mol. The molecular weight excluding hydrogens is 401 g/mol. The lowest BCUT2D eigenvalue weighted by Gasteiger charge is -2.13. The summed E-state index contributed by atoms with van der Waals surface area (Å²) in [5.41, 5.74) is 0.903. The second-order valence-electron chi connectivity index (χ2n) is 5.42. The fourth-order valence-electron chi connectivity index (χ4n) is 2.32. The number of imide groups is 1. The highest BCUT2D eigenvalue weighted by Gasteiger charge is 2.35. The minimum atomic E-state index is -0.658. The third-order valence-corrected chi connectivity index (χ3v) is 5.23. The number of aromatic hydroxyl groups is 3. The summed E-state index contributed by atoms with van der Waals surface area (Å²) in [6, 6.07) is 7.16. The lowest BCUT2D eigenvalue weighted by atomic mass is 10.1. The van der Waals surface area contributed by atoms with Crippen molar-refractivity contribution in [3.8, 4) is 17.2 Å². The third-order valence-electron chi connectivity index (χ3n) is 3.59. The molecule has 0 aromatic heterocycles. The highest BCUT2D eigenvalue weighted by atomic mass is 35.5. The number of carbonyl (C=O) groups excluding carboxylic acids is 2. The molecule has 0 atom stereocenters. The molecule has 0 saturated carbocycles. The van der Waals surface area contributed by atoms with Crippen molar-refractivity contribution >= 4 is 52.2 Å². The van der Waals surface area contributed by atoms with Crippen LogP contribution in [-0.2, 0) is 11.3 Å². The number of rotatable bonds is 3. The normalized spacial score (nSPS) is 15.9. The Morgan fingerprint density at radius 3 is 2.27 bits per heavy atom. The van der Waals surface area contributed by atoms with Crippen LogP contribution in [0.5, 0.6) is 17.2 Å². The number of halogens is 2. The fraction of sp³-hybridized carbons (Fsp3) is 0.0588. The van der Waals surface area contributed by atoms with E-state index in [2.05, 4.69) is 0 Å². The average Bonchev–Trinajstić information content (AvgIpc) is 2.83. The Hall–Kier alpha value is -2.35. The van der Waals surface area contributed by atoms with Crippen molar-refractivity contribution in [2.24, 2.45) is 0 Å². The van der Waals surface area contributed by atoms with Crippen molar-refractivity contribution in [1.82, 2.24) is 4.90 Å². The molecule has 0 spiro atoms. The predicted octanol–water partition coefficient (Wildman–Crippen LogP) is 4.35. The molecule has 1 saturated heterocycles. The van der Waals surface area contributed by atoms with Crippen molar-refractivity contribution in [2.75, 3.05) is 0 Å². The van der Waals surface area contributed by atoms with Crippen LogP contribution in [-0.4, -0.2) is 31.4 Å². The van der Waals surface area contributed by atoms with E-state index in [0.29, 0.717) is 15.6 Å². The van der Waals surface area contributed by atoms with E-state index < -0.39 is 28.4 Å². The van der Waals surface area contributed by atoms with Crippen LogP contribution < -0.4 is 0 Å². The van der Waals surface area contributed by atoms with Crippen LogP contribution in [0.25, 0.3) is 6.08 Å². The molecule has 26 heavy (non-hydrogen) atoms. The first kappa shape index (κ1) is 18.4.